The first-order chi connectivity index (χ1) is 7.15. The van der Waals surface area contributed by atoms with Crippen LogP contribution in [0.4, 0.5) is 11.5 Å². The highest BCUT2D eigenvalue weighted by Crippen LogP contribution is 2.18. The SMILES string of the molecule is CS(=O)CCNc1nccc(C#N)c1N. The zero-order valence-electron chi connectivity index (χ0n) is 8.36. The highest BCUT2D eigenvalue weighted by atomic mass is 32.2. The van der Waals surface area contributed by atoms with E-state index in [1.807, 2.05) is 6.07 Å². The van der Waals surface area contributed by atoms with Gasteiger partial charge in [-0.15, -0.1) is 0 Å². The van der Waals surface area contributed by atoms with Crippen LogP contribution in [0.15, 0.2) is 12.3 Å². The zero-order valence-corrected chi connectivity index (χ0v) is 9.17. The number of hydrogen-bond donors (Lipinski definition) is 2. The van der Waals surface area contributed by atoms with E-state index in [1.165, 1.54) is 6.20 Å². The highest BCUT2D eigenvalue weighted by molar-refractivity contribution is 7.84. The summed E-state index contributed by atoms with van der Waals surface area (Å²) in [5, 5.41) is 11.7. The van der Waals surface area contributed by atoms with Crippen molar-refractivity contribution in [2.75, 3.05) is 29.6 Å². The van der Waals surface area contributed by atoms with E-state index in [9.17, 15) is 4.21 Å². The fourth-order valence-electron chi connectivity index (χ4n) is 1.02. The van der Waals surface area contributed by atoms with Gasteiger partial charge in [-0.2, -0.15) is 5.26 Å². The first kappa shape index (κ1) is 11.5. The number of anilines is 2. The molecular formula is C9H12N4OS. The number of nitrogens with zero attached hydrogens (tertiary/aromatic N) is 2. The molecule has 1 atom stereocenters. The normalized spacial score (nSPS) is 11.7. The molecule has 0 aromatic carbocycles. The summed E-state index contributed by atoms with van der Waals surface area (Å²) in [5.41, 5.74) is 6.42. The van der Waals surface area contributed by atoms with Crippen molar-refractivity contribution in [3.63, 3.8) is 0 Å². The van der Waals surface area contributed by atoms with Crippen molar-refractivity contribution in [2.24, 2.45) is 0 Å². The summed E-state index contributed by atoms with van der Waals surface area (Å²) in [5.74, 6) is 0.997. The maximum absolute atomic E-state index is 10.8. The highest BCUT2D eigenvalue weighted by Gasteiger charge is 2.04. The Labute approximate surface area is 90.8 Å². The van der Waals surface area contributed by atoms with Crippen LogP contribution < -0.4 is 11.1 Å². The molecule has 1 aromatic rings. The van der Waals surface area contributed by atoms with Crippen LogP contribution in [-0.4, -0.2) is 27.7 Å². The minimum absolute atomic E-state index is 0.335. The summed E-state index contributed by atoms with van der Waals surface area (Å²) in [6, 6.07) is 3.52. The number of pyridine rings is 1. The van der Waals surface area contributed by atoms with E-state index in [4.69, 9.17) is 11.0 Å². The van der Waals surface area contributed by atoms with Crippen molar-refractivity contribution in [1.29, 1.82) is 5.26 Å². The van der Waals surface area contributed by atoms with Crippen LogP contribution in [0.1, 0.15) is 5.56 Å². The van der Waals surface area contributed by atoms with E-state index in [0.29, 0.717) is 29.4 Å². The molecule has 1 aromatic heterocycles. The van der Waals surface area contributed by atoms with Crippen LogP contribution in [0.3, 0.4) is 0 Å². The van der Waals surface area contributed by atoms with Gasteiger partial charge in [-0.05, 0) is 6.07 Å². The van der Waals surface area contributed by atoms with Crippen LogP contribution in [0.2, 0.25) is 0 Å². The Morgan fingerprint density at radius 2 is 2.47 bits per heavy atom. The van der Waals surface area contributed by atoms with Crippen molar-refractivity contribution >= 4 is 22.3 Å². The third-order valence-corrected chi connectivity index (χ3v) is 2.57. The van der Waals surface area contributed by atoms with Crippen LogP contribution >= 0.6 is 0 Å². The summed E-state index contributed by atoms with van der Waals surface area (Å²) >= 11 is 0. The predicted octanol–water partition coefficient (Wildman–Crippen LogP) is 0.326. The number of nitriles is 1. The molecule has 0 bridgehead atoms. The van der Waals surface area contributed by atoms with Gasteiger partial charge < -0.3 is 11.1 Å². The molecule has 0 aliphatic rings. The van der Waals surface area contributed by atoms with Crippen LogP contribution in [0.5, 0.6) is 0 Å². The standard InChI is InChI=1S/C9H12N4OS/c1-15(14)5-4-13-9-8(11)7(6-10)2-3-12-9/h2-3H,4-5,11H2,1H3,(H,12,13). The molecule has 5 nitrogen and oxygen atoms in total. The predicted molar refractivity (Wildman–Crippen MR) is 60.8 cm³/mol. The van der Waals surface area contributed by atoms with Gasteiger partial charge in [0.25, 0.3) is 0 Å². The third kappa shape index (κ3) is 3.22. The lowest BCUT2D eigenvalue weighted by Crippen LogP contribution is -2.12. The molecule has 0 fully saturated rings. The summed E-state index contributed by atoms with van der Waals surface area (Å²) in [7, 11) is -0.849. The molecule has 0 aliphatic carbocycles. The van der Waals surface area contributed by atoms with Crippen LogP contribution in [0, 0.1) is 11.3 Å². The largest absolute Gasteiger partial charge is 0.395 e. The molecule has 3 N–H and O–H groups in total. The maximum Gasteiger partial charge on any atom is 0.150 e. The molecular weight excluding hydrogens is 212 g/mol. The van der Waals surface area contributed by atoms with E-state index in [0.717, 1.165) is 0 Å². The second-order valence-electron chi connectivity index (χ2n) is 2.94. The Balaban J connectivity index is 2.70. The minimum Gasteiger partial charge on any atom is -0.395 e. The first-order valence-electron chi connectivity index (χ1n) is 4.33. The van der Waals surface area contributed by atoms with Gasteiger partial charge >= 0.3 is 0 Å². The molecule has 6 heteroatoms. The van der Waals surface area contributed by atoms with E-state index < -0.39 is 10.8 Å². The average molecular weight is 224 g/mol. The molecule has 0 amide bonds. The van der Waals surface area contributed by atoms with Crippen molar-refractivity contribution in [2.45, 2.75) is 0 Å². The van der Waals surface area contributed by atoms with Crippen molar-refractivity contribution in [3.8, 4) is 6.07 Å². The molecule has 0 radical (unpaired) electrons. The molecule has 0 saturated carbocycles. The molecule has 1 unspecified atom stereocenters. The number of aromatic nitrogens is 1. The summed E-state index contributed by atoms with van der Waals surface area (Å²) < 4.78 is 10.8. The molecule has 80 valence electrons. The number of nitrogen functional groups attached to an aromatic ring is 1. The summed E-state index contributed by atoms with van der Waals surface area (Å²) in [4.78, 5) is 4.00. The summed E-state index contributed by atoms with van der Waals surface area (Å²) in [6.07, 6.45) is 3.14. The lowest BCUT2D eigenvalue weighted by molar-refractivity contribution is 0.687. The van der Waals surface area contributed by atoms with E-state index in [1.54, 1.807) is 12.3 Å². The zero-order chi connectivity index (χ0) is 11.3. The lowest BCUT2D eigenvalue weighted by Gasteiger charge is -2.07. The van der Waals surface area contributed by atoms with E-state index in [-0.39, 0.29) is 0 Å². The molecule has 0 spiro atoms. The van der Waals surface area contributed by atoms with E-state index >= 15 is 0 Å². The van der Waals surface area contributed by atoms with Gasteiger partial charge in [-0.1, -0.05) is 0 Å². The monoisotopic (exact) mass is 224 g/mol. The second kappa shape index (κ2) is 5.32. The molecule has 15 heavy (non-hydrogen) atoms. The number of hydrogen-bond acceptors (Lipinski definition) is 5. The number of nitrogens with one attached hydrogen (secondary N) is 1. The van der Waals surface area contributed by atoms with Gasteiger partial charge in [0.05, 0.1) is 11.3 Å². The second-order valence-corrected chi connectivity index (χ2v) is 4.49. The Morgan fingerprint density at radius 1 is 1.73 bits per heavy atom. The smallest absolute Gasteiger partial charge is 0.150 e. The van der Waals surface area contributed by atoms with Crippen molar-refractivity contribution < 1.29 is 4.21 Å². The Bertz CT molecular complexity index is 413. The van der Waals surface area contributed by atoms with Crippen molar-refractivity contribution in [3.05, 3.63) is 17.8 Å². The molecule has 0 saturated heterocycles. The van der Waals surface area contributed by atoms with Gasteiger partial charge in [0, 0.05) is 35.5 Å². The average Bonchev–Trinajstić information content (AvgIpc) is 2.20. The molecule has 0 aliphatic heterocycles. The molecule has 1 rings (SSSR count). The number of nitrogens with two attached hydrogens (primary N) is 1. The third-order valence-electron chi connectivity index (χ3n) is 1.79. The van der Waals surface area contributed by atoms with Crippen LogP contribution in [-0.2, 0) is 10.8 Å². The Hall–Kier alpha value is -1.61. The Morgan fingerprint density at radius 3 is 3.07 bits per heavy atom. The topological polar surface area (TPSA) is 91.8 Å². The quantitative estimate of drug-likeness (QED) is 0.768. The van der Waals surface area contributed by atoms with Crippen LogP contribution in [0.25, 0.3) is 0 Å². The first-order valence-corrected chi connectivity index (χ1v) is 6.06. The lowest BCUT2D eigenvalue weighted by atomic mass is 10.2. The number of rotatable bonds is 4. The van der Waals surface area contributed by atoms with Gasteiger partial charge in [-0.25, -0.2) is 4.98 Å². The minimum atomic E-state index is -0.849. The Kier molecular flexibility index (Phi) is 4.06. The van der Waals surface area contributed by atoms with E-state index in [2.05, 4.69) is 10.3 Å². The van der Waals surface area contributed by atoms with Gasteiger partial charge in [0.15, 0.2) is 5.82 Å². The molecule has 1 heterocycles. The maximum atomic E-state index is 10.8. The van der Waals surface area contributed by atoms with Gasteiger partial charge in [-0.3, -0.25) is 4.21 Å². The van der Waals surface area contributed by atoms with Gasteiger partial charge in [0.1, 0.15) is 6.07 Å². The summed E-state index contributed by atoms with van der Waals surface area (Å²) in [6.45, 7) is 0.523. The van der Waals surface area contributed by atoms with Crippen molar-refractivity contribution in [1.82, 2.24) is 4.98 Å². The van der Waals surface area contributed by atoms with Gasteiger partial charge in [0.2, 0.25) is 0 Å². The fraction of sp³-hybridized carbons (Fsp3) is 0.333. The fourth-order valence-corrected chi connectivity index (χ4v) is 1.41.